The van der Waals surface area contributed by atoms with Crippen LogP contribution in [-0.2, 0) is 33.1 Å². The first-order valence-corrected chi connectivity index (χ1v) is 46.0. The molecule has 0 saturated heterocycles. The van der Waals surface area contributed by atoms with Crippen molar-refractivity contribution in [1.82, 2.24) is 0 Å². The Morgan fingerprint density at radius 1 is 0.186 bits per heavy atom. The van der Waals surface area contributed by atoms with E-state index >= 15 is 0 Å². The van der Waals surface area contributed by atoms with Crippen molar-refractivity contribution in [3.8, 4) is 0 Å². The quantitative estimate of drug-likeness (QED) is 0.0370. The van der Waals surface area contributed by atoms with Crippen LogP contribution in [0.5, 0.6) is 0 Å². The molecule has 0 atom stereocenters. The second-order valence-electron chi connectivity index (χ2n) is 30.4. The molecule has 97 heavy (non-hydrogen) atoms. The fraction of sp³-hybridized carbons (Fsp3) is 0.864. The zero-order chi connectivity index (χ0) is 69.3. The van der Waals surface area contributed by atoms with Gasteiger partial charge in [0.2, 0.25) is 0 Å². The van der Waals surface area contributed by atoms with E-state index in [0.29, 0.717) is 0 Å². The van der Waals surface area contributed by atoms with Crippen molar-refractivity contribution in [2.75, 3.05) is 0 Å². The second kappa shape index (κ2) is 76.2. The van der Waals surface area contributed by atoms with Crippen molar-refractivity contribution >= 4 is 43.3 Å². The van der Waals surface area contributed by atoms with Crippen molar-refractivity contribution in [3.63, 3.8) is 0 Å². The van der Waals surface area contributed by atoms with Gasteiger partial charge < -0.3 is 9.11 Å². The van der Waals surface area contributed by atoms with Crippen LogP contribution in [0, 0.1) is 0 Å². The summed E-state index contributed by atoms with van der Waals surface area (Å²) in [6.07, 6.45) is 105. The Kier molecular flexibility index (Phi) is 75.4. The van der Waals surface area contributed by atoms with E-state index in [1.54, 1.807) is 24.3 Å². The summed E-state index contributed by atoms with van der Waals surface area (Å²) < 4.78 is 66.0. The molecule has 0 N–H and O–H groups in total. The van der Waals surface area contributed by atoms with E-state index < -0.39 is 20.2 Å². The molecule has 0 spiro atoms. The third-order valence-electron chi connectivity index (χ3n) is 21.1. The fourth-order valence-electron chi connectivity index (χ4n) is 14.5. The molecular formula is C88H162MgO6S2. The monoisotopic (exact) mass is 1400 g/mol. The molecule has 9 heteroatoms. The molecule has 0 fully saturated rings. The summed E-state index contributed by atoms with van der Waals surface area (Å²) in [5.41, 5.74) is 2.23. The molecule has 0 saturated carbocycles. The van der Waals surface area contributed by atoms with E-state index in [0.717, 1.165) is 36.8 Å². The van der Waals surface area contributed by atoms with Gasteiger partial charge in [-0.3, -0.25) is 0 Å². The summed E-state index contributed by atoms with van der Waals surface area (Å²) in [5.74, 6) is 0. The van der Waals surface area contributed by atoms with Gasteiger partial charge in [0.1, 0.15) is 20.2 Å². The maximum atomic E-state index is 11.0. The SMILES string of the molecule is CCCCCCCCCCCCCCCCCCCCCCCCCCCCCCCCCCCCCCc1ccc(S(=O)(=O)[O-])cc1.CCCCCCCCCCCCCCCCCCCCCCCCCCCCCCCCCCCCCCc1ccc(S(=O)(=O)[O-])cc1.[Mg+2]. The molecule has 0 amide bonds. The Morgan fingerprint density at radius 3 is 0.392 bits per heavy atom. The molecule has 0 aliphatic heterocycles. The van der Waals surface area contributed by atoms with E-state index in [2.05, 4.69) is 13.8 Å². The number of benzene rings is 2. The number of rotatable bonds is 76. The molecule has 0 heterocycles. The van der Waals surface area contributed by atoms with E-state index in [1.807, 2.05) is 0 Å². The largest absolute Gasteiger partial charge is 2.00 e. The predicted molar refractivity (Wildman–Crippen MR) is 426 cm³/mol. The first-order chi connectivity index (χ1) is 47.1. The molecule has 2 aromatic carbocycles. The first kappa shape index (κ1) is 96.0. The third kappa shape index (κ3) is 71.8. The van der Waals surface area contributed by atoms with Gasteiger partial charge in [0, 0.05) is 0 Å². The van der Waals surface area contributed by atoms with Gasteiger partial charge in [-0.25, -0.2) is 16.8 Å². The fourth-order valence-corrected chi connectivity index (χ4v) is 15.4. The second-order valence-corrected chi connectivity index (χ2v) is 33.2. The van der Waals surface area contributed by atoms with Gasteiger partial charge in [-0.05, 0) is 61.1 Å². The third-order valence-corrected chi connectivity index (χ3v) is 22.8. The van der Waals surface area contributed by atoms with Crippen molar-refractivity contribution in [1.29, 1.82) is 0 Å². The average Bonchev–Trinajstić information content (AvgIpc) is 1.26. The van der Waals surface area contributed by atoms with Gasteiger partial charge in [0.15, 0.2) is 0 Å². The molecule has 0 radical (unpaired) electrons. The van der Waals surface area contributed by atoms with Gasteiger partial charge in [-0.2, -0.15) is 0 Å². The van der Waals surface area contributed by atoms with Crippen molar-refractivity contribution in [3.05, 3.63) is 59.7 Å². The number of unbranched alkanes of at least 4 members (excludes halogenated alkanes) is 70. The minimum absolute atomic E-state index is 0. The Hall–Kier alpha value is -0.974. The maximum absolute atomic E-state index is 11.0. The molecule has 564 valence electrons. The number of hydrogen-bond donors (Lipinski definition) is 0. The van der Waals surface area contributed by atoms with Gasteiger partial charge in [-0.15, -0.1) is 0 Å². The molecule has 0 aromatic heterocycles. The first-order valence-electron chi connectivity index (χ1n) is 43.2. The zero-order valence-corrected chi connectivity index (χ0v) is 68.0. The van der Waals surface area contributed by atoms with E-state index in [-0.39, 0.29) is 32.8 Å². The van der Waals surface area contributed by atoms with Gasteiger partial charge in [0.25, 0.3) is 0 Å². The Balaban J connectivity index is 0.00000188. The molecular weight excluding hydrogens is 1240 g/mol. The van der Waals surface area contributed by atoms with Crippen LogP contribution < -0.4 is 0 Å². The Labute approximate surface area is 623 Å². The normalized spacial score (nSPS) is 11.8. The Bertz CT molecular complexity index is 1910. The molecule has 0 unspecified atom stereocenters. The van der Waals surface area contributed by atoms with Crippen molar-refractivity contribution < 1.29 is 25.9 Å². The van der Waals surface area contributed by atoms with Gasteiger partial charge in [-0.1, -0.05) is 488 Å². The smallest absolute Gasteiger partial charge is 0.744 e. The van der Waals surface area contributed by atoms with Crippen LogP contribution in [0.4, 0.5) is 0 Å². The number of hydrogen-bond acceptors (Lipinski definition) is 6. The van der Waals surface area contributed by atoms with Crippen LogP contribution in [0.1, 0.15) is 487 Å². The molecule has 0 bridgehead atoms. The summed E-state index contributed by atoms with van der Waals surface area (Å²) in [5, 5.41) is 0. The topological polar surface area (TPSA) is 114 Å². The van der Waals surface area contributed by atoms with Crippen LogP contribution in [0.15, 0.2) is 58.3 Å². The summed E-state index contributed by atoms with van der Waals surface area (Å²) in [6.45, 7) is 4.61. The van der Waals surface area contributed by atoms with E-state index in [1.165, 1.54) is 474 Å². The van der Waals surface area contributed by atoms with Crippen molar-refractivity contribution in [2.45, 2.75) is 499 Å². The van der Waals surface area contributed by atoms with Gasteiger partial charge in [0.05, 0.1) is 9.79 Å². The average molecular weight is 1400 g/mol. The predicted octanol–water partition coefficient (Wildman–Crippen LogP) is 30.0. The van der Waals surface area contributed by atoms with E-state index in [9.17, 15) is 25.9 Å². The molecule has 2 rings (SSSR count). The van der Waals surface area contributed by atoms with Crippen molar-refractivity contribution in [2.24, 2.45) is 0 Å². The molecule has 0 aliphatic carbocycles. The maximum Gasteiger partial charge on any atom is 2.00 e. The van der Waals surface area contributed by atoms with Crippen LogP contribution in [-0.4, -0.2) is 49.0 Å². The molecule has 6 nitrogen and oxygen atoms in total. The summed E-state index contributed by atoms with van der Waals surface area (Å²) in [4.78, 5) is -0.263. The molecule has 0 aliphatic rings. The summed E-state index contributed by atoms with van der Waals surface area (Å²) >= 11 is 0. The van der Waals surface area contributed by atoms with Gasteiger partial charge >= 0.3 is 23.1 Å². The Morgan fingerprint density at radius 2 is 0.289 bits per heavy atom. The molecule has 2 aromatic rings. The zero-order valence-electron chi connectivity index (χ0n) is 64.9. The van der Waals surface area contributed by atoms with Crippen LogP contribution in [0.2, 0.25) is 0 Å². The summed E-state index contributed by atoms with van der Waals surface area (Å²) in [6, 6.07) is 12.8. The minimum Gasteiger partial charge on any atom is -0.744 e. The van der Waals surface area contributed by atoms with E-state index in [4.69, 9.17) is 0 Å². The standard InChI is InChI=1S/2C44H82O3S.Mg/c2*1-2-3-4-5-6-7-8-9-10-11-12-13-14-15-16-17-18-19-20-21-22-23-24-25-26-27-28-29-30-31-32-33-34-35-36-37-38-43-39-41-44(42-40-43)48(45,46)47;/h2*39-42H,2-38H2,1H3,(H,45,46,47);/q;;+2/p-2. The number of aryl methyl sites for hydroxylation is 2. The summed E-state index contributed by atoms with van der Waals surface area (Å²) in [7, 11) is -8.66. The van der Waals surface area contributed by atoms with Crippen LogP contribution in [0.3, 0.4) is 0 Å². The van der Waals surface area contributed by atoms with Crippen LogP contribution >= 0.6 is 0 Å². The van der Waals surface area contributed by atoms with Crippen LogP contribution in [0.25, 0.3) is 0 Å². The minimum atomic E-state index is -4.33.